The van der Waals surface area contributed by atoms with E-state index >= 15 is 0 Å². The molecule has 1 N–H and O–H groups in total. The predicted molar refractivity (Wildman–Crippen MR) is 71.0 cm³/mol. The molecule has 0 saturated heterocycles. The molecule has 3 heterocycles. The van der Waals surface area contributed by atoms with E-state index in [2.05, 4.69) is 19.6 Å². The van der Waals surface area contributed by atoms with E-state index in [-0.39, 0.29) is 0 Å². The van der Waals surface area contributed by atoms with Crippen LogP contribution in [0.4, 0.5) is 0 Å². The Bertz CT molecular complexity index is 734. The monoisotopic (exact) mass is 274 g/mol. The van der Waals surface area contributed by atoms with Crippen LogP contribution in [0.3, 0.4) is 0 Å². The Balaban J connectivity index is 2.03. The van der Waals surface area contributed by atoms with Crippen molar-refractivity contribution >= 4 is 27.7 Å². The van der Waals surface area contributed by atoms with Gasteiger partial charge in [-0.1, -0.05) is 0 Å². The standard InChI is InChI=1S/C12H10N4O2S/c1-2-18-12(17)9-5-8(15-16-9)7-3-4-13-10-6-14-19-11(7)10/h3-6H,2H2,1H3,(H,15,16). The summed E-state index contributed by atoms with van der Waals surface area (Å²) in [7, 11) is 0. The van der Waals surface area contributed by atoms with E-state index in [1.807, 2.05) is 6.07 Å². The maximum atomic E-state index is 11.6. The van der Waals surface area contributed by atoms with Gasteiger partial charge in [-0.05, 0) is 30.6 Å². The number of carbonyl (C=O) groups excluding carboxylic acids is 1. The molecule has 0 radical (unpaired) electrons. The van der Waals surface area contributed by atoms with Crippen LogP contribution in [0.5, 0.6) is 0 Å². The van der Waals surface area contributed by atoms with Gasteiger partial charge in [0.25, 0.3) is 0 Å². The van der Waals surface area contributed by atoms with Gasteiger partial charge >= 0.3 is 5.97 Å². The molecule has 0 amide bonds. The summed E-state index contributed by atoms with van der Waals surface area (Å²) in [6, 6.07) is 3.53. The van der Waals surface area contributed by atoms with Crippen LogP contribution in [0.1, 0.15) is 17.4 Å². The molecule has 7 heteroatoms. The second kappa shape index (κ2) is 4.77. The van der Waals surface area contributed by atoms with E-state index < -0.39 is 5.97 Å². The highest BCUT2D eigenvalue weighted by molar-refractivity contribution is 7.13. The Labute approximate surface area is 112 Å². The third kappa shape index (κ3) is 2.08. The highest BCUT2D eigenvalue weighted by Crippen LogP contribution is 2.28. The SMILES string of the molecule is CCOC(=O)c1cc(-c2ccnc3cnsc23)n[nH]1. The first-order valence-corrected chi connectivity index (χ1v) is 6.49. The lowest BCUT2D eigenvalue weighted by molar-refractivity contribution is 0.0519. The second-order valence-corrected chi connectivity index (χ2v) is 4.59. The van der Waals surface area contributed by atoms with Gasteiger partial charge < -0.3 is 4.74 Å². The molecule has 0 unspecified atom stereocenters. The summed E-state index contributed by atoms with van der Waals surface area (Å²) in [5, 5.41) is 6.83. The summed E-state index contributed by atoms with van der Waals surface area (Å²) in [6.45, 7) is 2.10. The topological polar surface area (TPSA) is 80.8 Å². The maximum Gasteiger partial charge on any atom is 0.356 e. The van der Waals surface area contributed by atoms with E-state index in [0.717, 1.165) is 15.8 Å². The van der Waals surface area contributed by atoms with Gasteiger partial charge in [0, 0.05) is 11.8 Å². The summed E-state index contributed by atoms with van der Waals surface area (Å²) < 4.78 is 9.97. The first kappa shape index (κ1) is 11.8. The second-order valence-electron chi connectivity index (χ2n) is 3.79. The molecule has 0 spiro atoms. The van der Waals surface area contributed by atoms with E-state index in [0.29, 0.717) is 18.0 Å². The number of fused-ring (bicyclic) bond motifs is 1. The van der Waals surface area contributed by atoms with Gasteiger partial charge in [-0.15, -0.1) is 0 Å². The summed E-state index contributed by atoms with van der Waals surface area (Å²) in [5.74, 6) is -0.407. The van der Waals surface area contributed by atoms with Crippen molar-refractivity contribution in [3.05, 3.63) is 30.2 Å². The molecule has 0 aliphatic rings. The molecule has 0 aliphatic carbocycles. The fourth-order valence-corrected chi connectivity index (χ4v) is 2.48. The van der Waals surface area contributed by atoms with E-state index in [4.69, 9.17) is 4.74 Å². The van der Waals surface area contributed by atoms with Crippen molar-refractivity contribution in [2.24, 2.45) is 0 Å². The summed E-state index contributed by atoms with van der Waals surface area (Å²) >= 11 is 1.35. The van der Waals surface area contributed by atoms with Gasteiger partial charge in [0.15, 0.2) is 0 Å². The van der Waals surface area contributed by atoms with E-state index in [9.17, 15) is 4.79 Å². The number of H-pyrrole nitrogens is 1. The molecular formula is C12H10N4O2S. The Morgan fingerprint density at radius 3 is 3.26 bits per heavy atom. The minimum absolute atomic E-state index is 0.335. The normalized spacial score (nSPS) is 10.8. The number of pyridine rings is 1. The average molecular weight is 274 g/mol. The third-order valence-corrected chi connectivity index (χ3v) is 3.42. The number of hydrogen-bond donors (Lipinski definition) is 1. The molecule has 0 saturated carbocycles. The summed E-state index contributed by atoms with van der Waals surface area (Å²) in [4.78, 5) is 15.8. The van der Waals surface area contributed by atoms with Crippen molar-refractivity contribution in [2.75, 3.05) is 6.61 Å². The molecule has 0 bridgehead atoms. The van der Waals surface area contributed by atoms with Gasteiger partial charge in [0.2, 0.25) is 0 Å². The molecular weight excluding hydrogens is 264 g/mol. The molecule has 0 atom stereocenters. The molecule has 3 aromatic rings. The number of aromatic amines is 1. The molecule has 0 fully saturated rings. The van der Waals surface area contributed by atoms with Gasteiger partial charge in [-0.2, -0.15) is 9.47 Å². The van der Waals surface area contributed by atoms with Crippen LogP contribution < -0.4 is 0 Å². The van der Waals surface area contributed by atoms with Crippen molar-refractivity contribution in [3.63, 3.8) is 0 Å². The lowest BCUT2D eigenvalue weighted by Gasteiger charge is -1.97. The van der Waals surface area contributed by atoms with Crippen LogP contribution in [0, 0.1) is 0 Å². The van der Waals surface area contributed by atoms with Gasteiger partial charge in [-0.25, -0.2) is 4.79 Å². The van der Waals surface area contributed by atoms with Gasteiger partial charge in [-0.3, -0.25) is 10.1 Å². The molecule has 6 nitrogen and oxygen atoms in total. The Hall–Kier alpha value is -2.28. The fraction of sp³-hybridized carbons (Fsp3) is 0.167. The van der Waals surface area contributed by atoms with Crippen LogP contribution in [-0.2, 0) is 4.74 Å². The first-order chi connectivity index (χ1) is 9.29. The Morgan fingerprint density at radius 1 is 1.53 bits per heavy atom. The van der Waals surface area contributed by atoms with Gasteiger partial charge in [0.1, 0.15) is 11.2 Å². The minimum atomic E-state index is -0.407. The van der Waals surface area contributed by atoms with Crippen LogP contribution in [0.2, 0.25) is 0 Å². The lowest BCUT2D eigenvalue weighted by Crippen LogP contribution is -2.04. The van der Waals surface area contributed by atoms with Crippen molar-refractivity contribution in [1.29, 1.82) is 0 Å². The number of nitrogens with one attached hydrogen (secondary N) is 1. The number of rotatable bonds is 3. The Morgan fingerprint density at radius 2 is 2.42 bits per heavy atom. The van der Waals surface area contributed by atoms with Crippen LogP contribution in [0.15, 0.2) is 24.5 Å². The first-order valence-electron chi connectivity index (χ1n) is 5.72. The fourth-order valence-electron chi connectivity index (χ4n) is 1.76. The predicted octanol–water partition coefficient (Wildman–Crippen LogP) is 2.26. The van der Waals surface area contributed by atoms with E-state index in [1.54, 1.807) is 25.4 Å². The number of carbonyl (C=O) groups is 1. The smallest absolute Gasteiger partial charge is 0.356 e. The van der Waals surface area contributed by atoms with Crippen molar-refractivity contribution in [3.8, 4) is 11.3 Å². The lowest BCUT2D eigenvalue weighted by atomic mass is 10.2. The summed E-state index contributed by atoms with van der Waals surface area (Å²) in [6.07, 6.45) is 3.41. The zero-order valence-corrected chi connectivity index (χ0v) is 10.9. The molecule has 19 heavy (non-hydrogen) atoms. The highest BCUT2D eigenvalue weighted by Gasteiger charge is 2.14. The number of aromatic nitrogens is 4. The average Bonchev–Trinajstić information content (AvgIpc) is 3.07. The number of ether oxygens (including phenoxy) is 1. The maximum absolute atomic E-state index is 11.6. The minimum Gasteiger partial charge on any atom is -0.461 e. The van der Waals surface area contributed by atoms with Crippen LogP contribution >= 0.6 is 11.5 Å². The molecule has 3 rings (SSSR count). The van der Waals surface area contributed by atoms with Crippen molar-refractivity contribution in [1.82, 2.24) is 19.6 Å². The molecule has 0 aliphatic heterocycles. The van der Waals surface area contributed by atoms with Crippen LogP contribution in [0.25, 0.3) is 21.5 Å². The summed E-state index contributed by atoms with van der Waals surface area (Å²) in [5.41, 5.74) is 2.74. The molecule has 3 aromatic heterocycles. The number of hydrogen-bond acceptors (Lipinski definition) is 6. The highest BCUT2D eigenvalue weighted by atomic mass is 32.1. The molecule has 0 aromatic carbocycles. The van der Waals surface area contributed by atoms with Crippen LogP contribution in [-0.4, -0.2) is 32.1 Å². The third-order valence-electron chi connectivity index (χ3n) is 2.60. The van der Waals surface area contributed by atoms with Crippen molar-refractivity contribution < 1.29 is 9.53 Å². The van der Waals surface area contributed by atoms with E-state index in [1.165, 1.54) is 11.5 Å². The van der Waals surface area contributed by atoms with Gasteiger partial charge in [0.05, 0.1) is 23.2 Å². The number of nitrogens with zero attached hydrogens (tertiary/aromatic N) is 3. The largest absolute Gasteiger partial charge is 0.461 e. The van der Waals surface area contributed by atoms with Crippen molar-refractivity contribution in [2.45, 2.75) is 6.92 Å². The zero-order chi connectivity index (χ0) is 13.2. The Kier molecular flexibility index (Phi) is 2.96. The quantitative estimate of drug-likeness (QED) is 0.741. The molecule has 96 valence electrons. The number of esters is 1. The zero-order valence-electron chi connectivity index (χ0n) is 10.1.